The molecule has 2 aromatic rings. The molecule has 0 aliphatic carbocycles. The minimum absolute atomic E-state index is 0.400. The zero-order valence-electron chi connectivity index (χ0n) is 11.1. The molecule has 0 aliphatic heterocycles. The largest absolute Gasteiger partial charge is 0.366 e. The molecule has 0 amide bonds. The van der Waals surface area contributed by atoms with Gasteiger partial charge >= 0.3 is 0 Å². The SMILES string of the molecule is Cc1nn(C)c(C)c1C(C#N)Nc1cccc(Br)c1. The molecule has 0 spiro atoms. The van der Waals surface area contributed by atoms with Gasteiger partial charge in [0, 0.05) is 28.5 Å². The molecule has 1 aromatic carbocycles. The van der Waals surface area contributed by atoms with E-state index in [1.807, 2.05) is 45.2 Å². The molecule has 0 radical (unpaired) electrons. The van der Waals surface area contributed by atoms with Gasteiger partial charge in [0.2, 0.25) is 0 Å². The lowest BCUT2D eigenvalue weighted by Crippen LogP contribution is -2.10. The van der Waals surface area contributed by atoms with Crippen LogP contribution in [0.5, 0.6) is 0 Å². The van der Waals surface area contributed by atoms with Crippen molar-refractivity contribution < 1.29 is 0 Å². The lowest BCUT2D eigenvalue weighted by atomic mass is 10.1. The molecule has 0 fully saturated rings. The number of hydrogen-bond donors (Lipinski definition) is 1. The van der Waals surface area contributed by atoms with Crippen molar-refractivity contribution in [2.45, 2.75) is 19.9 Å². The van der Waals surface area contributed by atoms with Crippen LogP contribution in [-0.2, 0) is 7.05 Å². The van der Waals surface area contributed by atoms with Gasteiger partial charge in [-0.2, -0.15) is 10.4 Å². The Morgan fingerprint density at radius 1 is 1.42 bits per heavy atom. The third-order valence-corrected chi connectivity index (χ3v) is 3.61. The highest BCUT2D eigenvalue weighted by molar-refractivity contribution is 9.10. The molecule has 0 bridgehead atoms. The van der Waals surface area contributed by atoms with E-state index in [-0.39, 0.29) is 0 Å². The van der Waals surface area contributed by atoms with Gasteiger partial charge in [0.15, 0.2) is 0 Å². The monoisotopic (exact) mass is 318 g/mol. The first-order chi connectivity index (χ1) is 9.02. The van der Waals surface area contributed by atoms with Gasteiger partial charge in [0.1, 0.15) is 6.04 Å². The number of aromatic nitrogens is 2. The second-order valence-corrected chi connectivity index (χ2v) is 5.34. The summed E-state index contributed by atoms with van der Waals surface area (Å²) in [5, 5.41) is 17.0. The first-order valence-corrected chi connectivity index (χ1v) is 6.74. The van der Waals surface area contributed by atoms with E-state index in [0.29, 0.717) is 0 Å². The molecular weight excluding hydrogens is 304 g/mol. The third-order valence-electron chi connectivity index (χ3n) is 3.12. The second kappa shape index (κ2) is 5.45. The van der Waals surface area contributed by atoms with Crippen molar-refractivity contribution in [3.05, 3.63) is 45.7 Å². The topological polar surface area (TPSA) is 53.6 Å². The summed E-state index contributed by atoms with van der Waals surface area (Å²) in [6.07, 6.45) is 0. The Labute approximate surface area is 121 Å². The van der Waals surface area contributed by atoms with Crippen LogP contribution in [0.2, 0.25) is 0 Å². The molecule has 0 saturated carbocycles. The molecule has 1 unspecified atom stereocenters. The Hall–Kier alpha value is -1.80. The number of aryl methyl sites for hydroxylation is 2. The summed E-state index contributed by atoms with van der Waals surface area (Å²) in [5.41, 5.74) is 3.74. The van der Waals surface area contributed by atoms with Crippen LogP contribution >= 0.6 is 15.9 Å². The number of rotatable bonds is 3. The zero-order valence-corrected chi connectivity index (χ0v) is 12.7. The van der Waals surface area contributed by atoms with Crippen LogP contribution in [0.4, 0.5) is 5.69 Å². The van der Waals surface area contributed by atoms with Gasteiger partial charge in [-0.1, -0.05) is 22.0 Å². The standard InChI is InChI=1S/C14H15BrN4/c1-9-14(10(2)19(3)18-9)13(8-16)17-12-6-4-5-11(15)7-12/h4-7,13,17H,1-3H3. The van der Waals surface area contributed by atoms with E-state index < -0.39 is 6.04 Å². The van der Waals surface area contributed by atoms with Gasteiger partial charge < -0.3 is 5.32 Å². The fourth-order valence-electron chi connectivity index (χ4n) is 2.12. The number of nitrogens with one attached hydrogen (secondary N) is 1. The van der Waals surface area contributed by atoms with Crippen molar-refractivity contribution >= 4 is 21.6 Å². The molecule has 0 saturated heterocycles. The first-order valence-electron chi connectivity index (χ1n) is 5.94. The molecule has 1 N–H and O–H groups in total. The van der Waals surface area contributed by atoms with E-state index >= 15 is 0 Å². The molecule has 1 aromatic heterocycles. The molecule has 2 rings (SSSR count). The smallest absolute Gasteiger partial charge is 0.143 e. The van der Waals surface area contributed by atoms with Crippen molar-refractivity contribution in [1.82, 2.24) is 9.78 Å². The highest BCUT2D eigenvalue weighted by Gasteiger charge is 2.19. The summed E-state index contributed by atoms with van der Waals surface area (Å²) in [6.45, 7) is 3.90. The maximum absolute atomic E-state index is 9.41. The maximum atomic E-state index is 9.41. The van der Waals surface area contributed by atoms with E-state index in [4.69, 9.17) is 0 Å². The average molecular weight is 319 g/mol. The minimum Gasteiger partial charge on any atom is -0.366 e. The van der Waals surface area contributed by atoms with Crippen LogP contribution in [0.3, 0.4) is 0 Å². The van der Waals surface area contributed by atoms with Crippen molar-refractivity contribution in [3.8, 4) is 6.07 Å². The summed E-state index contributed by atoms with van der Waals surface area (Å²) in [7, 11) is 1.89. The van der Waals surface area contributed by atoms with Crippen molar-refractivity contribution in [2.24, 2.45) is 7.05 Å². The lowest BCUT2D eigenvalue weighted by Gasteiger charge is -2.14. The first kappa shape index (κ1) is 13.6. The van der Waals surface area contributed by atoms with Gasteiger partial charge in [0.25, 0.3) is 0 Å². The Morgan fingerprint density at radius 2 is 2.16 bits per heavy atom. The Morgan fingerprint density at radius 3 is 2.68 bits per heavy atom. The highest BCUT2D eigenvalue weighted by atomic mass is 79.9. The third kappa shape index (κ3) is 2.79. The van der Waals surface area contributed by atoms with Crippen LogP contribution in [0.1, 0.15) is 23.0 Å². The van der Waals surface area contributed by atoms with Crippen LogP contribution in [0.25, 0.3) is 0 Å². The summed E-state index contributed by atoms with van der Waals surface area (Å²) in [5.74, 6) is 0. The van der Waals surface area contributed by atoms with Crippen molar-refractivity contribution in [1.29, 1.82) is 5.26 Å². The fraction of sp³-hybridized carbons (Fsp3) is 0.286. The maximum Gasteiger partial charge on any atom is 0.143 e. The summed E-state index contributed by atoms with van der Waals surface area (Å²) in [4.78, 5) is 0. The molecule has 4 nitrogen and oxygen atoms in total. The van der Waals surface area contributed by atoms with E-state index in [9.17, 15) is 5.26 Å². The lowest BCUT2D eigenvalue weighted by molar-refractivity contribution is 0.729. The van der Waals surface area contributed by atoms with Crippen LogP contribution in [0, 0.1) is 25.2 Å². The van der Waals surface area contributed by atoms with Crippen LogP contribution in [0.15, 0.2) is 28.7 Å². The van der Waals surface area contributed by atoms with Gasteiger partial charge in [-0.25, -0.2) is 0 Å². The van der Waals surface area contributed by atoms with Crippen molar-refractivity contribution in [2.75, 3.05) is 5.32 Å². The van der Waals surface area contributed by atoms with E-state index in [1.54, 1.807) is 4.68 Å². The molecule has 98 valence electrons. The summed E-state index contributed by atoms with van der Waals surface area (Å²) >= 11 is 3.42. The molecular formula is C14H15BrN4. The molecule has 1 atom stereocenters. The van der Waals surface area contributed by atoms with Crippen LogP contribution < -0.4 is 5.32 Å². The Balaban J connectivity index is 2.34. The summed E-state index contributed by atoms with van der Waals surface area (Å²) in [6, 6.07) is 9.68. The van der Waals surface area contributed by atoms with Gasteiger partial charge in [-0.3, -0.25) is 4.68 Å². The highest BCUT2D eigenvalue weighted by Crippen LogP contribution is 2.25. The van der Waals surface area contributed by atoms with Gasteiger partial charge in [-0.15, -0.1) is 0 Å². The fourth-order valence-corrected chi connectivity index (χ4v) is 2.52. The van der Waals surface area contributed by atoms with Gasteiger partial charge in [0.05, 0.1) is 11.8 Å². The summed E-state index contributed by atoms with van der Waals surface area (Å²) < 4.78 is 2.78. The zero-order chi connectivity index (χ0) is 14.0. The van der Waals surface area contributed by atoms with Crippen molar-refractivity contribution in [3.63, 3.8) is 0 Å². The molecule has 1 heterocycles. The van der Waals surface area contributed by atoms with E-state index in [1.165, 1.54) is 0 Å². The average Bonchev–Trinajstić information content (AvgIpc) is 2.61. The molecule has 0 aliphatic rings. The van der Waals surface area contributed by atoms with Crippen LogP contribution in [-0.4, -0.2) is 9.78 Å². The number of nitriles is 1. The quantitative estimate of drug-likeness (QED) is 0.942. The van der Waals surface area contributed by atoms with Gasteiger partial charge in [-0.05, 0) is 32.0 Å². The Kier molecular flexibility index (Phi) is 3.91. The number of hydrogen-bond acceptors (Lipinski definition) is 3. The number of halogens is 1. The molecule has 5 heteroatoms. The minimum atomic E-state index is -0.400. The second-order valence-electron chi connectivity index (χ2n) is 4.42. The molecule has 19 heavy (non-hydrogen) atoms. The normalized spacial score (nSPS) is 11.9. The van der Waals surface area contributed by atoms with E-state index in [0.717, 1.165) is 27.1 Å². The number of nitrogens with zero attached hydrogens (tertiary/aromatic N) is 3. The van der Waals surface area contributed by atoms with E-state index in [2.05, 4.69) is 32.4 Å². The Bertz CT molecular complexity index is 639. The number of anilines is 1. The predicted octanol–water partition coefficient (Wildman–Crippen LogP) is 3.48. The number of benzene rings is 1. The predicted molar refractivity (Wildman–Crippen MR) is 78.8 cm³/mol.